The zero-order valence-electron chi connectivity index (χ0n) is 4.87. The molecule has 0 spiro atoms. The monoisotopic (exact) mass is 261 g/mol. The Bertz CT molecular complexity index is 268. The third kappa shape index (κ3) is 1.57. The van der Waals surface area contributed by atoms with Gasteiger partial charge in [0, 0.05) is 0 Å². The van der Waals surface area contributed by atoms with E-state index in [4.69, 9.17) is 0 Å². The van der Waals surface area contributed by atoms with Gasteiger partial charge in [-0.25, -0.2) is 0 Å². The van der Waals surface area contributed by atoms with Crippen molar-refractivity contribution in [1.29, 1.82) is 0 Å². The molecule has 1 rings (SSSR count). The van der Waals surface area contributed by atoms with E-state index in [-0.39, 0.29) is 5.56 Å². The predicted octanol–water partition coefficient (Wildman–Crippen LogP) is -1.05. The van der Waals surface area contributed by atoms with Crippen LogP contribution >= 0.6 is 0 Å². The Hall–Kier alpha value is 0.218. The molecule has 3 nitrogen and oxygen atoms in total. The molecule has 0 atom stereocenters. The molecule has 0 saturated carbocycles. The fraction of sp³-hybridized carbons (Fsp3) is 0.200. The van der Waals surface area contributed by atoms with Crippen LogP contribution in [0.4, 0.5) is 0 Å². The molecule has 0 aliphatic heterocycles. The fourth-order valence-corrected chi connectivity index (χ4v) is 0.941. The topological polar surface area (TPSA) is 34.9 Å². The Kier molecular flexibility index (Phi) is 2.33. The van der Waals surface area contributed by atoms with Gasteiger partial charge in [0.25, 0.3) is 0 Å². The molecule has 0 aliphatic carbocycles. The van der Waals surface area contributed by atoms with Crippen LogP contribution in [0.2, 0.25) is 0 Å². The van der Waals surface area contributed by atoms with Crippen LogP contribution in [-0.4, -0.2) is 9.55 Å². The minimum atomic E-state index is 0.00926. The molecule has 0 N–H and O–H groups in total. The molecule has 0 radical (unpaired) electrons. The van der Waals surface area contributed by atoms with Gasteiger partial charge in [0.1, 0.15) is 0 Å². The quantitative estimate of drug-likeness (QED) is 0.596. The summed E-state index contributed by atoms with van der Waals surface area (Å²) in [5.74, 6) is 0. The van der Waals surface area contributed by atoms with Crippen LogP contribution in [-0.2, 0) is 7.05 Å². The summed E-state index contributed by atoms with van der Waals surface area (Å²) in [7, 11) is 1.72. The van der Waals surface area contributed by atoms with Crippen molar-refractivity contribution in [3.8, 4) is 0 Å². The second-order valence-corrected chi connectivity index (χ2v) is 2.80. The van der Waals surface area contributed by atoms with Crippen LogP contribution in [0.5, 0.6) is 0 Å². The van der Waals surface area contributed by atoms with Gasteiger partial charge in [-0.15, -0.1) is 0 Å². The summed E-state index contributed by atoms with van der Waals surface area (Å²) in [5.41, 5.74) is 0.00926. The maximum absolute atomic E-state index is 10.8. The van der Waals surface area contributed by atoms with Gasteiger partial charge in [-0.1, -0.05) is 0 Å². The van der Waals surface area contributed by atoms with Crippen molar-refractivity contribution in [2.75, 3.05) is 0 Å². The first-order valence-electron chi connectivity index (χ1n) is 2.41. The number of rotatable bonds is 0. The summed E-state index contributed by atoms with van der Waals surface area (Å²) in [6.07, 6.45) is 1.53. The third-order valence-corrected chi connectivity index (χ3v) is 2.24. The predicted molar refractivity (Wildman–Crippen MR) is 29.1 cm³/mol. The van der Waals surface area contributed by atoms with Crippen molar-refractivity contribution in [2.24, 2.45) is 7.05 Å². The molecular weight excluding hydrogens is 254 g/mol. The second kappa shape index (κ2) is 2.87. The van der Waals surface area contributed by atoms with Gasteiger partial charge in [-0.3, -0.25) is 0 Å². The van der Waals surface area contributed by atoms with Crippen molar-refractivity contribution in [3.05, 3.63) is 22.6 Å². The van der Waals surface area contributed by atoms with E-state index in [1.807, 2.05) is 0 Å². The Labute approximate surface area is 78.4 Å². The van der Waals surface area contributed by atoms with E-state index in [2.05, 4.69) is 4.98 Å². The molecule has 9 heavy (non-hydrogen) atoms. The first-order valence-corrected chi connectivity index (χ1v) is 3.72. The molecule has 1 aromatic heterocycles. The van der Waals surface area contributed by atoms with Gasteiger partial charge in [0.2, 0.25) is 0 Å². The standard InChI is InChI=1S/C5H5N2O.Sm/c1-7-4-6-3-2-5(7)8;/h2-3H,1H3;. The summed E-state index contributed by atoms with van der Waals surface area (Å²) in [6, 6.07) is 1.45. The van der Waals surface area contributed by atoms with Crippen molar-refractivity contribution in [2.45, 2.75) is 0 Å². The van der Waals surface area contributed by atoms with E-state index in [0.717, 1.165) is 1.54 Å². The molecule has 0 fully saturated rings. The van der Waals surface area contributed by atoms with Crippen molar-refractivity contribution in [3.63, 3.8) is 0 Å². The molecule has 1 aromatic rings. The average molecular weight is 259 g/mol. The van der Waals surface area contributed by atoms with Gasteiger partial charge in [-0.05, 0) is 0 Å². The van der Waals surface area contributed by atoms with Crippen LogP contribution in [0.3, 0.4) is 0 Å². The van der Waals surface area contributed by atoms with E-state index >= 15 is 0 Å². The minimum absolute atomic E-state index is 0.00926. The second-order valence-electron chi connectivity index (χ2n) is 1.62. The first-order chi connectivity index (χ1) is 4.22. The summed E-state index contributed by atoms with van der Waals surface area (Å²) in [5, 5.41) is 0. The van der Waals surface area contributed by atoms with Gasteiger partial charge in [0.05, 0.1) is 0 Å². The number of hydrogen-bond acceptors (Lipinski definition) is 2. The SMILES string of the molecule is Cn1[c]([Sm])nccc1=O. The van der Waals surface area contributed by atoms with Crippen LogP contribution in [0, 0.1) is 38.3 Å². The summed E-state index contributed by atoms with van der Waals surface area (Å²) < 4.78 is 2.36. The molecule has 0 amide bonds. The maximum atomic E-state index is 10.8. The van der Waals surface area contributed by atoms with E-state index in [1.54, 1.807) is 7.05 Å². The normalized spacial score (nSPS) is 9.44. The third-order valence-electron chi connectivity index (χ3n) is 1.02. The molecule has 0 unspecified atom stereocenters. The number of nitrogens with zero attached hydrogens (tertiary/aromatic N) is 2. The summed E-state index contributed by atoms with van der Waals surface area (Å²) in [4.78, 5) is 14.7. The van der Waals surface area contributed by atoms with Gasteiger partial charge < -0.3 is 0 Å². The molecule has 0 saturated heterocycles. The molecule has 1 heterocycles. The zero-order valence-corrected chi connectivity index (χ0v) is 7.49. The van der Waals surface area contributed by atoms with Crippen LogP contribution < -0.4 is 7.10 Å². The molecule has 0 bridgehead atoms. The van der Waals surface area contributed by atoms with E-state index in [1.165, 1.54) is 55.2 Å². The van der Waals surface area contributed by atoms with Gasteiger partial charge >= 0.3 is 79.1 Å². The average Bonchev–Trinajstić information content (AvgIpc) is 1.83. The van der Waals surface area contributed by atoms with E-state index in [0.29, 0.717) is 0 Å². The molecule has 0 aromatic carbocycles. The molecule has 4 heteroatoms. The van der Waals surface area contributed by atoms with Crippen LogP contribution in [0.15, 0.2) is 17.1 Å². The number of hydrogen-bond donors (Lipinski definition) is 0. The summed E-state index contributed by atoms with van der Waals surface area (Å²) in [6.45, 7) is 0. The summed E-state index contributed by atoms with van der Waals surface area (Å²) >= 11 is 1.21. The molecule has 47 valence electrons. The first kappa shape index (κ1) is 7.33. The zero-order chi connectivity index (χ0) is 6.85. The van der Waals surface area contributed by atoms with Crippen LogP contribution in [0.25, 0.3) is 0 Å². The van der Waals surface area contributed by atoms with Crippen molar-refractivity contribution < 1.29 is 38.3 Å². The van der Waals surface area contributed by atoms with Crippen molar-refractivity contribution in [1.82, 2.24) is 9.55 Å². The van der Waals surface area contributed by atoms with E-state index in [9.17, 15) is 4.79 Å². The van der Waals surface area contributed by atoms with Crippen LogP contribution in [0.1, 0.15) is 0 Å². The Morgan fingerprint density at radius 3 is 2.89 bits per heavy atom. The Morgan fingerprint density at radius 2 is 2.44 bits per heavy atom. The van der Waals surface area contributed by atoms with Gasteiger partial charge in [0.15, 0.2) is 0 Å². The van der Waals surface area contributed by atoms with Crippen molar-refractivity contribution >= 4 is 1.54 Å². The van der Waals surface area contributed by atoms with Gasteiger partial charge in [-0.2, -0.15) is 0 Å². The Balaban J connectivity index is 3.43. The molecule has 0 aliphatic rings. The Morgan fingerprint density at radius 1 is 1.78 bits per heavy atom. The number of aromatic nitrogens is 2. The van der Waals surface area contributed by atoms with E-state index < -0.39 is 0 Å². The molecular formula is C5H5N2OSm. The fourth-order valence-electron chi connectivity index (χ4n) is 0.457.